The van der Waals surface area contributed by atoms with E-state index in [0.717, 1.165) is 0 Å². The maximum Gasteiger partial charge on any atom is 0.222 e. The summed E-state index contributed by atoms with van der Waals surface area (Å²) in [5.41, 5.74) is 6.36. The van der Waals surface area contributed by atoms with E-state index in [4.69, 9.17) is 5.73 Å². The molecular formula is C11H15FN2O. The Morgan fingerprint density at radius 3 is 2.80 bits per heavy atom. The highest BCUT2D eigenvalue weighted by Gasteiger charge is 2.08. The lowest BCUT2D eigenvalue weighted by molar-refractivity contribution is -0.120. The standard InChI is InChI=1S/C11H15FN2O/c1-7-3-4-9(5-10(7)12)14-6-8(2)11(13)15/h3-5,8,14H,6H2,1-2H3,(H2,13,15). The zero-order valence-electron chi connectivity index (χ0n) is 8.88. The van der Waals surface area contributed by atoms with Gasteiger partial charge in [-0.3, -0.25) is 4.79 Å². The molecule has 15 heavy (non-hydrogen) atoms. The first kappa shape index (κ1) is 11.5. The summed E-state index contributed by atoms with van der Waals surface area (Å²) < 4.78 is 13.1. The number of anilines is 1. The molecule has 0 aliphatic rings. The van der Waals surface area contributed by atoms with E-state index >= 15 is 0 Å². The highest BCUT2D eigenvalue weighted by molar-refractivity contribution is 5.76. The summed E-state index contributed by atoms with van der Waals surface area (Å²) in [5.74, 6) is -0.892. The number of hydrogen-bond acceptors (Lipinski definition) is 2. The lowest BCUT2D eigenvalue weighted by Gasteiger charge is -2.10. The van der Waals surface area contributed by atoms with Crippen LogP contribution in [0.25, 0.3) is 0 Å². The minimum Gasteiger partial charge on any atom is -0.384 e. The zero-order valence-corrected chi connectivity index (χ0v) is 8.88. The highest BCUT2D eigenvalue weighted by Crippen LogP contribution is 2.13. The molecular weight excluding hydrogens is 195 g/mol. The van der Waals surface area contributed by atoms with E-state index in [9.17, 15) is 9.18 Å². The van der Waals surface area contributed by atoms with Crippen molar-refractivity contribution >= 4 is 11.6 Å². The second kappa shape index (κ2) is 4.77. The fraction of sp³-hybridized carbons (Fsp3) is 0.364. The molecule has 1 aromatic carbocycles. The van der Waals surface area contributed by atoms with Crippen LogP contribution in [0, 0.1) is 18.7 Å². The summed E-state index contributed by atoms with van der Waals surface area (Å²) in [6, 6.07) is 4.86. The van der Waals surface area contributed by atoms with Crippen LogP contribution in [0.3, 0.4) is 0 Å². The molecule has 0 aromatic heterocycles. The Bertz CT molecular complexity index is 366. The van der Waals surface area contributed by atoms with E-state index in [1.807, 2.05) is 0 Å². The van der Waals surface area contributed by atoms with E-state index in [1.54, 1.807) is 26.0 Å². The van der Waals surface area contributed by atoms with Gasteiger partial charge in [0.25, 0.3) is 0 Å². The summed E-state index contributed by atoms with van der Waals surface area (Å²) in [4.78, 5) is 10.7. The number of carbonyl (C=O) groups excluding carboxylic acids is 1. The first-order valence-electron chi connectivity index (χ1n) is 4.80. The molecule has 0 aliphatic heterocycles. The van der Waals surface area contributed by atoms with Crippen LogP contribution in [-0.4, -0.2) is 12.5 Å². The number of aryl methyl sites for hydroxylation is 1. The summed E-state index contributed by atoms with van der Waals surface area (Å²) >= 11 is 0. The van der Waals surface area contributed by atoms with Gasteiger partial charge >= 0.3 is 0 Å². The summed E-state index contributed by atoms with van der Waals surface area (Å²) in [6.45, 7) is 3.84. The highest BCUT2D eigenvalue weighted by atomic mass is 19.1. The molecule has 0 heterocycles. The average Bonchev–Trinajstić information content (AvgIpc) is 2.19. The fourth-order valence-corrected chi connectivity index (χ4v) is 1.07. The third kappa shape index (κ3) is 3.23. The number of primary amides is 1. The number of rotatable bonds is 4. The monoisotopic (exact) mass is 210 g/mol. The van der Waals surface area contributed by atoms with Crippen molar-refractivity contribution in [2.24, 2.45) is 11.7 Å². The number of amides is 1. The molecule has 82 valence electrons. The van der Waals surface area contributed by atoms with Gasteiger partial charge in [-0.15, -0.1) is 0 Å². The Morgan fingerprint density at radius 2 is 2.27 bits per heavy atom. The van der Waals surface area contributed by atoms with Gasteiger partial charge < -0.3 is 11.1 Å². The fourth-order valence-electron chi connectivity index (χ4n) is 1.07. The van der Waals surface area contributed by atoms with Gasteiger partial charge in [0.05, 0.1) is 5.92 Å². The van der Waals surface area contributed by atoms with Crippen LogP contribution in [0.5, 0.6) is 0 Å². The smallest absolute Gasteiger partial charge is 0.222 e. The quantitative estimate of drug-likeness (QED) is 0.794. The van der Waals surface area contributed by atoms with Gasteiger partial charge in [0, 0.05) is 12.2 Å². The van der Waals surface area contributed by atoms with Gasteiger partial charge in [-0.2, -0.15) is 0 Å². The van der Waals surface area contributed by atoms with Crippen molar-refractivity contribution in [3.05, 3.63) is 29.6 Å². The zero-order chi connectivity index (χ0) is 11.4. The molecule has 0 spiro atoms. The maximum atomic E-state index is 13.1. The van der Waals surface area contributed by atoms with Crippen LogP contribution in [0.2, 0.25) is 0 Å². The van der Waals surface area contributed by atoms with Crippen LogP contribution in [-0.2, 0) is 4.79 Å². The van der Waals surface area contributed by atoms with Crippen molar-refractivity contribution in [1.29, 1.82) is 0 Å². The first-order valence-corrected chi connectivity index (χ1v) is 4.80. The Kier molecular flexibility index (Phi) is 3.66. The van der Waals surface area contributed by atoms with E-state index in [2.05, 4.69) is 5.32 Å². The van der Waals surface area contributed by atoms with E-state index < -0.39 is 0 Å². The van der Waals surface area contributed by atoms with Crippen LogP contribution >= 0.6 is 0 Å². The number of halogens is 1. The van der Waals surface area contributed by atoms with Crippen molar-refractivity contribution in [2.45, 2.75) is 13.8 Å². The first-order chi connectivity index (χ1) is 7.00. The van der Waals surface area contributed by atoms with Crippen LogP contribution in [0.4, 0.5) is 10.1 Å². The molecule has 3 N–H and O–H groups in total. The van der Waals surface area contributed by atoms with E-state index in [1.165, 1.54) is 6.07 Å². The molecule has 3 nitrogen and oxygen atoms in total. The third-order valence-electron chi connectivity index (χ3n) is 2.27. The second-order valence-electron chi connectivity index (χ2n) is 3.65. The predicted octanol–water partition coefficient (Wildman–Crippen LogP) is 1.67. The lowest BCUT2D eigenvalue weighted by Crippen LogP contribution is -2.26. The molecule has 1 unspecified atom stereocenters. The number of nitrogens with one attached hydrogen (secondary N) is 1. The molecule has 0 saturated carbocycles. The Labute approximate surface area is 88.5 Å². The molecule has 0 aliphatic carbocycles. The number of benzene rings is 1. The van der Waals surface area contributed by atoms with Crippen LogP contribution < -0.4 is 11.1 Å². The van der Waals surface area contributed by atoms with E-state index in [-0.39, 0.29) is 17.6 Å². The molecule has 1 aromatic rings. The second-order valence-corrected chi connectivity index (χ2v) is 3.65. The van der Waals surface area contributed by atoms with Crippen LogP contribution in [0.1, 0.15) is 12.5 Å². The molecule has 0 radical (unpaired) electrons. The summed E-state index contributed by atoms with van der Waals surface area (Å²) in [7, 11) is 0. The van der Waals surface area contributed by atoms with Gasteiger partial charge in [-0.1, -0.05) is 13.0 Å². The summed E-state index contributed by atoms with van der Waals surface area (Å²) in [5, 5.41) is 2.95. The molecule has 0 saturated heterocycles. The molecule has 1 rings (SSSR count). The largest absolute Gasteiger partial charge is 0.384 e. The number of nitrogens with two attached hydrogens (primary N) is 1. The van der Waals surface area contributed by atoms with Gasteiger partial charge in [-0.05, 0) is 24.6 Å². The molecule has 1 amide bonds. The Balaban J connectivity index is 2.58. The van der Waals surface area contributed by atoms with Crippen molar-refractivity contribution in [2.75, 3.05) is 11.9 Å². The normalized spacial score (nSPS) is 12.2. The predicted molar refractivity (Wildman–Crippen MR) is 58.0 cm³/mol. The molecule has 4 heteroatoms. The minimum absolute atomic E-state index is 0.258. The Morgan fingerprint density at radius 1 is 1.60 bits per heavy atom. The topological polar surface area (TPSA) is 55.1 Å². The van der Waals surface area contributed by atoms with Crippen molar-refractivity contribution in [1.82, 2.24) is 0 Å². The number of carbonyl (C=O) groups is 1. The molecule has 0 bridgehead atoms. The summed E-state index contributed by atoms with van der Waals surface area (Å²) in [6.07, 6.45) is 0. The van der Waals surface area contributed by atoms with Gasteiger partial charge in [0.1, 0.15) is 5.82 Å². The Hall–Kier alpha value is -1.58. The van der Waals surface area contributed by atoms with Crippen LogP contribution in [0.15, 0.2) is 18.2 Å². The average molecular weight is 210 g/mol. The van der Waals surface area contributed by atoms with Gasteiger partial charge in [0.2, 0.25) is 5.91 Å². The SMILES string of the molecule is Cc1ccc(NCC(C)C(N)=O)cc1F. The van der Waals surface area contributed by atoms with Crippen molar-refractivity contribution < 1.29 is 9.18 Å². The maximum absolute atomic E-state index is 13.1. The minimum atomic E-state index is -0.366. The molecule has 1 atom stereocenters. The van der Waals surface area contributed by atoms with Crippen molar-refractivity contribution in [3.63, 3.8) is 0 Å². The van der Waals surface area contributed by atoms with E-state index in [0.29, 0.717) is 17.8 Å². The van der Waals surface area contributed by atoms with Crippen molar-refractivity contribution in [3.8, 4) is 0 Å². The molecule has 0 fully saturated rings. The number of hydrogen-bond donors (Lipinski definition) is 2. The van der Waals surface area contributed by atoms with Gasteiger partial charge in [-0.25, -0.2) is 4.39 Å². The third-order valence-corrected chi connectivity index (χ3v) is 2.27. The van der Waals surface area contributed by atoms with Gasteiger partial charge in [0.15, 0.2) is 0 Å². The lowest BCUT2D eigenvalue weighted by atomic mass is 10.1.